The fourth-order valence-corrected chi connectivity index (χ4v) is 5.94. The number of aliphatic hydroxyl groups excluding tert-OH is 1. The van der Waals surface area contributed by atoms with Gasteiger partial charge in [0.25, 0.3) is 5.91 Å². The molecule has 1 heterocycles. The van der Waals surface area contributed by atoms with Crippen molar-refractivity contribution in [1.29, 1.82) is 0 Å². The summed E-state index contributed by atoms with van der Waals surface area (Å²) in [7, 11) is 1.60. The Morgan fingerprint density at radius 2 is 1.86 bits per heavy atom. The first-order valence-electron chi connectivity index (χ1n) is 11.4. The fourth-order valence-electron chi connectivity index (χ4n) is 5.94. The molecule has 10 nitrogen and oxygen atoms in total. The van der Waals surface area contributed by atoms with E-state index in [2.05, 4.69) is 0 Å². The number of ether oxygens (including phenoxy) is 1. The molecule has 0 aromatic heterocycles. The van der Waals surface area contributed by atoms with Gasteiger partial charge in [-0.25, -0.2) is 0 Å². The number of primary amides is 1. The van der Waals surface area contributed by atoms with E-state index in [0.717, 1.165) is 0 Å². The van der Waals surface area contributed by atoms with Crippen molar-refractivity contribution < 1.29 is 39.5 Å². The van der Waals surface area contributed by atoms with Crippen LogP contribution in [0.15, 0.2) is 35.6 Å². The largest absolute Gasteiger partial charge is 0.508 e. The number of aliphatic hydroxyl groups is 2. The number of methoxy groups -OCH3 is 1. The van der Waals surface area contributed by atoms with E-state index in [4.69, 9.17) is 10.5 Å². The Morgan fingerprint density at radius 3 is 2.49 bits per heavy atom. The molecule has 3 atom stereocenters. The minimum Gasteiger partial charge on any atom is -0.508 e. The lowest BCUT2D eigenvalue weighted by atomic mass is 9.61. The van der Waals surface area contributed by atoms with Crippen LogP contribution in [0, 0.1) is 5.92 Å². The van der Waals surface area contributed by atoms with Crippen molar-refractivity contribution in [3.05, 3.63) is 46.7 Å². The molecule has 0 radical (unpaired) electrons. The van der Waals surface area contributed by atoms with Crippen LogP contribution in [0.5, 0.6) is 11.5 Å². The van der Waals surface area contributed by atoms with E-state index in [1.54, 1.807) is 30.2 Å². The number of aromatic hydroxyl groups is 2. The van der Waals surface area contributed by atoms with Crippen molar-refractivity contribution in [3.63, 3.8) is 0 Å². The number of fused-ring (bicyclic) bond motifs is 3. The third-order valence-corrected chi connectivity index (χ3v) is 7.69. The highest BCUT2D eigenvalue weighted by molar-refractivity contribution is 6.25. The van der Waals surface area contributed by atoms with Gasteiger partial charge in [-0.15, -0.1) is 0 Å². The Morgan fingerprint density at radius 1 is 1.17 bits per heavy atom. The van der Waals surface area contributed by atoms with E-state index in [1.807, 2.05) is 0 Å². The fraction of sp³-hybridized carbons (Fsp3) is 0.400. The van der Waals surface area contributed by atoms with Crippen LogP contribution in [0.1, 0.15) is 28.8 Å². The molecule has 1 amide bonds. The van der Waals surface area contributed by atoms with Gasteiger partial charge >= 0.3 is 0 Å². The summed E-state index contributed by atoms with van der Waals surface area (Å²) in [5.74, 6) is -6.11. The molecule has 35 heavy (non-hydrogen) atoms. The van der Waals surface area contributed by atoms with Crippen LogP contribution < -0.4 is 5.73 Å². The number of Topliss-reactive ketones (excluding diaryl/α,β-unsaturated/α-hetero) is 2. The van der Waals surface area contributed by atoms with E-state index < -0.39 is 52.1 Å². The summed E-state index contributed by atoms with van der Waals surface area (Å²) < 4.78 is 5.40. The summed E-state index contributed by atoms with van der Waals surface area (Å²) in [5, 5.41) is 44.4. The Kier molecular flexibility index (Phi) is 5.35. The second-order valence-electron chi connectivity index (χ2n) is 9.41. The van der Waals surface area contributed by atoms with Gasteiger partial charge in [0.2, 0.25) is 5.78 Å². The number of piperidine rings is 1. The number of amides is 1. The molecule has 2 aromatic carbocycles. The Bertz CT molecular complexity index is 1310. The lowest BCUT2D eigenvalue weighted by molar-refractivity contribution is -0.135. The molecule has 1 aliphatic heterocycles. The Balaban J connectivity index is 1.71. The summed E-state index contributed by atoms with van der Waals surface area (Å²) in [5.41, 5.74) is 2.01. The zero-order valence-electron chi connectivity index (χ0n) is 19.0. The number of carbonyl (C=O) groups is 3. The lowest BCUT2D eigenvalue weighted by Crippen LogP contribution is -2.66. The number of benzene rings is 2. The monoisotopic (exact) mass is 482 g/mol. The average molecular weight is 482 g/mol. The second kappa shape index (κ2) is 8.04. The third-order valence-electron chi connectivity index (χ3n) is 7.69. The van der Waals surface area contributed by atoms with Gasteiger partial charge in [0.05, 0.1) is 23.1 Å². The molecule has 3 aliphatic rings. The molecule has 0 saturated carbocycles. The Labute approximate surface area is 200 Å². The highest BCUT2D eigenvalue weighted by Gasteiger charge is 2.62. The van der Waals surface area contributed by atoms with Crippen LogP contribution in [0.3, 0.4) is 0 Å². The van der Waals surface area contributed by atoms with Crippen LogP contribution in [0.2, 0.25) is 0 Å². The zero-order valence-corrected chi connectivity index (χ0v) is 19.0. The van der Waals surface area contributed by atoms with Crippen LogP contribution in [0.25, 0.3) is 10.8 Å². The number of likely N-dealkylation sites (tertiary alicyclic amines) is 1. The van der Waals surface area contributed by atoms with E-state index in [1.165, 1.54) is 6.07 Å². The quantitative estimate of drug-likeness (QED) is 0.395. The van der Waals surface area contributed by atoms with Crippen LogP contribution in [0.4, 0.5) is 0 Å². The van der Waals surface area contributed by atoms with E-state index in [0.29, 0.717) is 36.9 Å². The molecular formula is C25H26N2O8. The molecule has 184 valence electrons. The van der Waals surface area contributed by atoms with Crippen LogP contribution in [-0.2, 0) is 20.7 Å². The highest BCUT2D eigenvalue weighted by Crippen LogP contribution is 2.50. The van der Waals surface area contributed by atoms with Crippen molar-refractivity contribution >= 4 is 28.2 Å². The van der Waals surface area contributed by atoms with Gasteiger partial charge in [0.15, 0.2) is 11.4 Å². The van der Waals surface area contributed by atoms with E-state index in [9.17, 15) is 34.8 Å². The summed E-state index contributed by atoms with van der Waals surface area (Å²) >= 11 is 0. The molecule has 5 rings (SSSR count). The second-order valence-corrected chi connectivity index (χ2v) is 9.41. The maximum absolute atomic E-state index is 13.8. The molecule has 6 N–H and O–H groups in total. The topological polar surface area (TPSA) is 171 Å². The summed E-state index contributed by atoms with van der Waals surface area (Å²) in [4.78, 5) is 41.2. The average Bonchev–Trinajstić information content (AvgIpc) is 2.81. The maximum atomic E-state index is 13.8. The van der Waals surface area contributed by atoms with Crippen molar-refractivity contribution in [2.75, 3.05) is 20.2 Å². The van der Waals surface area contributed by atoms with Crippen molar-refractivity contribution in [3.8, 4) is 11.5 Å². The highest BCUT2D eigenvalue weighted by atomic mass is 16.5. The molecule has 1 fully saturated rings. The first-order valence-corrected chi connectivity index (χ1v) is 11.4. The van der Waals surface area contributed by atoms with Crippen LogP contribution in [-0.4, -0.2) is 80.7 Å². The number of hydrogen-bond donors (Lipinski definition) is 5. The molecule has 2 aliphatic carbocycles. The minimum absolute atomic E-state index is 0.00640. The molecule has 2 aromatic rings. The summed E-state index contributed by atoms with van der Waals surface area (Å²) in [6.07, 6.45) is 1.14. The van der Waals surface area contributed by atoms with Gasteiger partial charge in [-0.1, -0.05) is 18.2 Å². The number of nitrogens with zero attached hydrogens (tertiary/aromatic N) is 1. The molecule has 10 heteroatoms. The number of phenols is 2. The molecule has 0 unspecified atom stereocenters. The predicted molar refractivity (Wildman–Crippen MR) is 123 cm³/mol. The maximum Gasteiger partial charge on any atom is 0.255 e. The number of rotatable bonds is 3. The van der Waals surface area contributed by atoms with Crippen molar-refractivity contribution in [1.82, 2.24) is 4.90 Å². The van der Waals surface area contributed by atoms with Gasteiger partial charge in [-0.3, -0.25) is 19.3 Å². The number of ketones is 2. The van der Waals surface area contributed by atoms with Gasteiger partial charge in [-0.05, 0) is 36.3 Å². The SMILES string of the molecule is COC1CCN([C@H]2C(=O)C(C(N)=O)=C(O)[C@@]3(O)C(=O)c4c(cc5cccc(O)c5c4O)C[C@@H]23)CC1. The summed E-state index contributed by atoms with van der Waals surface area (Å²) in [6.45, 7) is 0.818. The number of phenolic OH excluding ortho intramolecular Hbond substituents is 2. The minimum atomic E-state index is -2.66. The predicted octanol–water partition coefficient (Wildman–Crippen LogP) is 0.697. The normalized spacial score (nSPS) is 27.7. The van der Waals surface area contributed by atoms with E-state index >= 15 is 0 Å². The number of nitrogens with two attached hydrogens (primary N) is 1. The standard InChI is InChI=1S/C25H26N2O8/c1-35-13-5-7-27(8-6-13)19-14-10-12-9-11-3-2-4-15(28)16(11)20(29)17(12)22(31)25(14,34)23(32)18(21(19)30)24(26)33/h2-4,9,13-14,19,28-29,32,34H,5-8,10H2,1H3,(H2,26,33)/t14-,19+,25-/m0/s1. The molecular weight excluding hydrogens is 456 g/mol. The van der Waals surface area contributed by atoms with Gasteiger partial charge in [0, 0.05) is 26.1 Å². The van der Waals surface area contributed by atoms with Gasteiger partial charge in [-0.2, -0.15) is 0 Å². The first-order chi connectivity index (χ1) is 16.6. The Hall–Kier alpha value is -3.47. The number of hydrogen-bond acceptors (Lipinski definition) is 9. The van der Waals surface area contributed by atoms with Gasteiger partial charge in [0.1, 0.15) is 22.8 Å². The lowest BCUT2D eigenvalue weighted by Gasteiger charge is -2.49. The summed E-state index contributed by atoms with van der Waals surface area (Å²) in [6, 6.07) is 5.11. The van der Waals surface area contributed by atoms with Crippen molar-refractivity contribution in [2.45, 2.75) is 37.0 Å². The molecule has 0 bridgehead atoms. The molecule has 1 saturated heterocycles. The van der Waals surface area contributed by atoms with Crippen LogP contribution >= 0.6 is 0 Å². The number of carbonyl (C=O) groups excluding carboxylic acids is 3. The zero-order chi connectivity index (χ0) is 25.2. The van der Waals surface area contributed by atoms with E-state index in [-0.39, 0.29) is 29.2 Å². The van der Waals surface area contributed by atoms with Gasteiger partial charge < -0.3 is 30.9 Å². The molecule has 0 spiro atoms. The first kappa shape index (κ1) is 23.3. The third kappa shape index (κ3) is 3.17. The van der Waals surface area contributed by atoms with Crippen molar-refractivity contribution in [2.24, 2.45) is 11.7 Å². The smallest absolute Gasteiger partial charge is 0.255 e.